The molecule has 2 aliphatic carbocycles. The van der Waals surface area contributed by atoms with Crippen LogP contribution in [-0.4, -0.2) is 0 Å². The van der Waals surface area contributed by atoms with Crippen LogP contribution in [0.2, 0.25) is 0 Å². The van der Waals surface area contributed by atoms with Gasteiger partial charge in [-0.1, -0.05) is 269 Å². The molecule has 0 spiro atoms. The highest BCUT2D eigenvalue weighted by Crippen LogP contribution is 2.59. The van der Waals surface area contributed by atoms with Crippen LogP contribution in [-0.2, 0) is 10.8 Å². The van der Waals surface area contributed by atoms with Gasteiger partial charge in [-0.15, -0.1) is 0 Å². The zero-order chi connectivity index (χ0) is 52.2. The average molecular weight is 997 g/mol. The Morgan fingerprint density at radius 1 is 0.256 bits per heavy atom. The van der Waals surface area contributed by atoms with Gasteiger partial charge in [0.2, 0.25) is 0 Å². The van der Waals surface area contributed by atoms with E-state index < -0.39 is 5.41 Å². The largest absolute Gasteiger partial charge is 0.355 e. The lowest BCUT2D eigenvalue weighted by atomic mass is 9.67. The van der Waals surface area contributed by atoms with Crippen LogP contribution in [0.15, 0.2) is 291 Å². The number of hydrogen-bond donors (Lipinski definition) is 2. The van der Waals surface area contributed by atoms with Gasteiger partial charge in [0.1, 0.15) is 0 Å². The van der Waals surface area contributed by atoms with E-state index in [0.717, 1.165) is 50.6 Å². The molecule has 0 atom stereocenters. The summed E-state index contributed by atoms with van der Waals surface area (Å²) >= 11 is 0. The zero-order valence-corrected chi connectivity index (χ0v) is 43.7. The second kappa shape index (κ2) is 19.1. The second-order valence-electron chi connectivity index (χ2n) is 21.3. The van der Waals surface area contributed by atoms with Crippen LogP contribution in [0.3, 0.4) is 0 Å². The van der Waals surface area contributed by atoms with E-state index in [9.17, 15) is 0 Å². The third kappa shape index (κ3) is 7.79. The Balaban J connectivity index is 0.865. The molecule has 0 saturated heterocycles. The molecular weight excluding hydrogens is 941 g/mol. The Morgan fingerprint density at radius 3 is 1.40 bits per heavy atom. The first kappa shape index (κ1) is 46.7. The summed E-state index contributed by atoms with van der Waals surface area (Å²) in [6, 6.07) is 107. The van der Waals surface area contributed by atoms with E-state index in [0.29, 0.717) is 0 Å². The van der Waals surface area contributed by atoms with Gasteiger partial charge in [0.15, 0.2) is 0 Å². The SMILES string of the molecule is CC1(C)c2ccccc2-c2ccc(-c3ccccc3Nc3ccc(-c4cccc5c4-c4ccc(Nc6c(-c7ccccc7)cccc6-c6ccc(-c7ccccc7)cc6)cc4C5(c4ccccc4)c4ccccc4)cc3)cc21. The predicted octanol–water partition coefficient (Wildman–Crippen LogP) is 20.2. The molecule has 0 unspecified atom stereocenters. The number of anilines is 4. The Bertz CT molecular complexity index is 4140. The Kier molecular flexibility index (Phi) is 11.5. The molecule has 2 N–H and O–H groups in total. The molecule has 2 heteroatoms. The highest BCUT2D eigenvalue weighted by atomic mass is 14.9. The number of rotatable bonds is 11. The molecule has 0 fully saturated rings. The fourth-order valence-electron chi connectivity index (χ4n) is 12.9. The summed E-state index contributed by atoms with van der Waals surface area (Å²) in [5.74, 6) is 0. The minimum absolute atomic E-state index is 0.0741. The predicted molar refractivity (Wildman–Crippen MR) is 328 cm³/mol. The van der Waals surface area contributed by atoms with Gasteiger partial charge in [-0.25, -0.2) is 0 Å². The molecule has 0 bridgehead atoms. The molecule has 2 aliphatic rings. The average Bonchev–Trinajstić information content (AvgIpc) is 3.71. The Morgan fingerprint density at radius 2 is 0.705 bits per heavy atom. The Labute approximate surface area is 458 Å². The topological polar surface area (TPSA) is 24.1 Å². The van der Waals surface area contributed by atoms with Crippen molar-refractivity contribution in [3.05, 3.63) is 325 Å². The molecule has 78 heavy (non-hydrogen) atoms. The first-order valence-electron chi connectivity index (χ1n) is 27.2. The van der Waals surface area contributed by atoms with Crippen LogP contribution in [0, 0.1) is 0 Å². The van der Waals surface area contributed by atoms with E-state index in [1.807, 2.05) is 0 Å². The van der Waals surface area contributed by atoms with Crippen molar-refractivity contribution >= 4 is 22.7 Å². The van der Waals surface area contributed by atoms with Crippen LogP contribution in [0.1, 0.15) is 47.2 Å². The number of hydrogen-bond acceptors (Lipinski definition) is 2. The van der Waals surface area contributed by atoms with E-state index in [-0.39, 0.29) is 5.41 Å². The van der Waals surface area contributed by atoms with Crippen molar-refractivity contribution in [2.24, 2.45) is 0 Å². The molecule has 0 amide bonds. The molecule has 0 aromatic heterocycles. The van der Waals surface area contributed by atoms with E-state index >= 15 is 0 Å². The van der Waals surface area contributed by atoms with Crippen molar-refractivity contribution in [3.63, 3.8) is 0 Å². The number of fused-ring (bicyclic) bond motifs is 6. The highest BCUT2D eigenvalue weighted by molar-refractivity contribution is 5.98. The van der Waals surface area contributed by atoms with Gasteiger partial charge in [-0.05, 0) is 131 Å². The van der Waals surface area contributed by atoms with Crippen molar-refractivity contribution in [2.75, 3.05) is 10.6 Å². The molecular formula is C76H56N2. The van der Waals surface area contributed by atoms with Crippen molar-refractivity contribution < 1.29 is 0 Å². The van der Waals surface area contributed by atoms with Crippen LogP contribution >= 0.6 is 0 Å². The first-order valence-corrected chi connectivity index (χ1v) is 27.2. The van der Waals surface area contributed by atoms with E-state index in [2.05, 4.69) is 316 Å². The molecule has 14 rings (SSSR count). The van der Waals surface area contributed by atoms with Crippen molar-refractivity contribution in [1.82, 2.24) is 0 Å². The fourth-order valence-corrected chi connectivity index (χ4v) is 12.9. The van der Waals surface area contributed by atoms with E-state index in [1.165, 1.54) is 83.5 Å². The van der Waals surface area contributed by atoms with Gasteiger partial charge in [0, 0.05) is 39.2 Å². The first-order chi connectivity index (χ1) is 38.4. The smallest absolute Gasteiger partial charge is 0.0714 e. The minimum Gasteiger partial charge on any atom is -0.355 e. The van der Waals surface area contributed by atoms with Gasteiger partial charge < -0.3 is 10.6 Å². The minimum atomic E-state index is -0.614. The molecule has 0 heterocycles. The van der Waals surface area contributed by atoms with E-state index in [4.69, 9.17) is 0 Å². The summed E-state index contributed by atoms with van der Waals surface area (Å²) in [5.41, 5.74) is 28.1. The third-order valence-corrected chi connectivity index (χ3v) is 16.6. The molecule has 370 valence electrons. The number of nitrogens with one attached hydrogen (secondary N) is 2. The monoisotopic (exact) mass is 996 g/mol. The van der Waals surface area contributed by atoms with Crippen LogP contribution in [0.25, 0.3) is 77.9 Å². The summed E-state index contributed by atoms with van der Waals surface area (Å²) in [6.45, 7) is 4.70. The number of para-hydroxylation sites is 2. The summed E-state index contributed by atoms with van der Waals surface area (Å²) in [4.78, 5) is 0. The molecule has 2 nitrogen and oxygen atoms in total. The summed E-state index contributed by atoms with van der Waals surface area (Å²) in [7, 11) is 0. The number of benzene rings is 12. The second-order valence-corrected chi connectivity index (χ2v) is 21.3. The van der Waals surface area contributed by atoms with Crippen LogP contribution in [0.4, 0.5) is 22.7 Å². The maximum Gasteiger partial charge on any atom is 0.0714 e. The van der Waals surface area contributed by atoms with Gasteiger partial charge in [-0.3, -0.25) is 0 Å². The summed E-state index contributed by atoms with van der Waals surface area (Å²) in [6.07, 6.45) is 0. The Hall–Kier alpha value is -9.76. The summed E-state index contributed by atoms with van der Waals surface area (Å²) in [5, 5.41) is 7.92. The van der Waals surface area contributed by atoms with Crippen molar-refractivity contribution in [3.8, 4) is 77.9 Å². The third-order valence-electron chi connectivity index (χ3n) is 16.6. The van der Waals surface area contributed by atoms with Gasteiger partial charge in [-0.2, -0.15) is 0 Å². The van der Waals surface area contributed by atoms with Crippen molar-refractivity contribution in [2.45, 2.75) is 24.7 Å². The van der Waals surface area contributed by atoms with Gasteiger partial charge >= 0.3 is 0 Å². The van der Waals surface area contributed by atoms with Crippen LogP contribution < -0.4 is 10.6 Å². The maximum absolute atomic E-state index is 4.08. The highest BCUT2D eigenvalue weighted by Gasteiger charge is 2.47. The maximum atomic E-state index is 4.08. The molecule has 0 aliphatic heterocycles. The molecule has 12 aromatic carbocycles. The lowest BCUT2D eigenvalue weighted by Gasteiger charge is -2.34. The molecule has 0 radical (unpaired) electrons. The fraction of sp³-hybridized carbons (Fsp3) is 0.0526. The lowest BCUT2D eigenvalue weighted by Crippen LogP contribution is -2.28. The molecule has 12 aromatic rings. The van der Waals surface area contributed by atoms with Crippen molar-refractivity contribution in [1.29, 1.82) is 0 Å². The quantitative estimate of drug-likeness (QED) is 0.135. The van der Waals surface area contributed by atoms with E-state index in [1.54, 1.807) is 0 Å². The zero-order valence-electron chi connectivity index (χ0n) is 43.7. The van der Waals surface area contributed by atoms with Gasteiger partial charge in [0.05, 0.1) is 11.1 Å². The standard InChI is InChI=1S/C76H56N2/c1-75(2)68-34-17-15-30-65(68)66-47-43-56(49-70(66)75)61-29-16-18-36-72(61)77-59-44-41-54(42-45-59)62-31-20-35-69-73(62)67-48-46-60(50-71(67)76(69,57-25-11-5-12-26-57)58-27-13-6-14-28-58)78-74-63(53-23-9-4-10-24-53)32-19-33-64(74)55-39-37-52(38-40-55)51-21-7-3-8-22-51/h3-50,77-78H,1-2H3. The lowest BCUT2D eigenvalue weighted by molar-refractivity contribution is 0.660. The van der Waals surface area contributed by atoms with Gasteiger partial charge in [0.25, 0.3) is 0 Å². The molecule has 0 saturated carbocycles. The summed E-state index contributed by atoms with van der Waals surface area (Å²) < 4.78 is 0. The van der Waals surface area contributed by atoms with Crippen LogP contribution in [0.5, 0.6) is 0 Å². The normalized spacial score (nSPS) is 13.2.